The molecule has 0 aliphatic carbocycles. The molecule has 0 bridgehead atoms. The number of carbonyl (C=O) groups is 1. The molecule has 2 atom stereocenters. The molecule has 1 aromatic rings. The Labute approximate surface area is 130 Å². The third kappa shape index (κ3) is 3.40. The first-order valence-electron chi connectivity index (χ1n) is 7.91. The van der Waals surface area contributed by atoms with Gasteiger partial charge in [-0.15, -0.1) is 11.8 Å². The van der Waals surface area contributed by atoms with Crippen molar-refractivity contribution in [2.24, 2.45) is 0 Å². The summed E-state index contributed by atoms with van der Waals surface area (Å²) in [5, 5.41) is 4.20. The maximum absolute atomic E-state index is 12.4. The van der Waals surface area contributed by atoms with E-state index in [-0.39, 0.29) is 5.91 Å². The van der Waals surface area contributed by atoms with E-state index in [9.17, 15) is 4.79 Å². The van der Waals surface area contributed by atoms with Gasteiger partial charge in [-0.1, -0.05) is 13.3 Å². The number of rotatable bonds is 4. The van der Waals surface area contributed by atoms with Crippen LogP contribution in [0.25, 0.3) is 0 Å². The number of hydrogen-bond donors (Lipinski definition) is 1. The van der Waals surface area contributed by atoms with Crippen LogP contribution in [0.5, 0.6) is 0 Å². The Balaban J connectivity index is 1.60. The molecule has 3 heterocycles. The molecule has 0 unspecified atom stereocenters. The number of piperidine rings is 1. The molecular formula is C16H23N3OS. The molecule has 0 aromatic carbocycles. The Morgan fingerprint density at radius 3 is 3.05 bits per heavy atom. The summed E-state index contributed by atoms with van der Waals surface area (Å²) >= 11 is 1.69. The van der Waals surface area contributed by atoms with Gasteiger partial charge in [-0.25, -0.2) is 4.98 Å². The monoisotopic (exact) mass is 305 g/mol. The normalized spacial score (nSPS) is 25.6. The fraction of sp³-hybridized carbons (Fsp3) is 0.625. The lowest BCUT2D eigenvalue weighted by atomic mass is 9.99. The minimum atomic E-state index is 0.0213. The second-order valence-electron chi connectivity index (χ2n) is 5.79. The highest BCUT2D eigenvalue weighted by Gasteiger charge is 2.36. The molecule has 2 aliphatic rings. The van der Waals surface area contributed by atoms with Crippen molar-refractivity contribution in [2.75, 3.05) is 18.8 Å². The second kappa shape index (κ2) is 6.79. The van der Waals surface area contributed by atoms with Crippen LogP contribution in [0.4, 0.5) is 0 Å². The summed E-state index contributed by atoms with van der Waals surface area (Å²) in [5.41, 5.74) is 0.671. The van der Waals surface area contributed by atoms with E-state index < -0.39 is 0 Å². The zero-order valence-corrected chi connectivity index (χ0v) is 13.4. The van der Waals surface area contributed by atoms with Crippen molar-refractivity contribution in [3.05, 3.63) is 23.9 Å². The van der Waals surface area contributed by atoms with E-state index in [0.717, 1.165) is 23.7 Å². The molecule has 1 amide bonds. The fourth-order valence-electron chi connectivity index (χ4n) is 3.42. The van der Waals surface area contributed by atoms with Crippen molar-refractivity contribution < 1.29 is 4.79 Å². The number of carbonyl (C=O) groups excluding carboxylic acids is 1. The number of thioether (sulfide) groups is 1. The van der Waals surface area contributed by atoms with Gasteiger partial charge in [0, 0.05) is 24.8 Å². The van der Waals surface area contributed by atoms with Crippen LogP contribution in [0, 0.1) is 0 Å². The van der Waals surface area contributed by atoms with Crippen molar-refractivity contribution in [3.8, 4) is 0 Å². The van der Waals surface area contributed by atoms with Crippen molar-refractivity contribution in [1.29, 1.82) is 0 Å². The summed E-state index contributed by atoms with van der Waals surface area (Å²) in [6.45, 7) is 4.42. The summed E-state index contributed by atoms with van der Waals surface area (Å²) in [6.07, 6.45) is 6.58. The Morgan fingerprint density at radius 1 is 1.38 bits per heavy atom. The maximum Gasteiger partial charge on any atom is 0.253 e. The van der Waals surface area contributed by atoms with Crippen molar-refractivity contribution >= 4 is 17.7 Å². The quantitative estimate of drug-likeness (QED) is 0.868. The van der Waals surface area contributed by atoms with Crippen LogP contribution < -0.4 is 5.32 Å². The molecule has 3 rings (SSSR count). The molecule has 1 N–H and O–H groups in total. The van der Waals surface area contributed by atoms with E-state index in [2.05, 4.69) is 22.1 Å². The standard InChI is InChI=1S/C16H23N3OS/c1-2-21-15-7-6-12(11-17-15)16(20)18-13-8-10-19-9-4-3-5-14(13)19/h6-7,11,13-14H,2-5,8-10H2,1H3,(H,18,20)/t13-,14+/m0/s1. The van der Waals surface area contributed by atoms with E-state index in [1.54, 1.807) is 18.0 Å². The molecule has 1 aromatic heterocycles. The largest absolute Gasteiger partial charge is 0.348 e. The van der Waals surface area contributed by atoms with Crippen molar-refractivity contribution in [1.82, 2.24) is 15.2 Å². The number of nitrogens with zero attached hydrogens (tertiary/aromatic N) is 2. The van der Waals surface area contributed by atoms with Gasteiger partial charge in [0.05, 0.1) is 10.6 Å². The highest BCUT2D eigenvalue weighted by atomic mass is 32.2. The molecule has 0 spiro atoms. The van der Waals surface area contributed by atoms with Gasteiger partial charge in [-0.2, -0.15) is 0 Å². The minimum absolute atomic E-state index is 0.0213. The number of fused-ring (bicyclic) bond motifs is 1. The molecule has 4 nitrogen and oxygen atoms in total. The Bertz CT molecular complexity index is 491. The highest BCUT2D eigenvalue weighted by molar-refractivity contribution is 7.99. The summed E-state index contributed by atoms with van der Waals surface area (Å²) in [5.74, 6) is 1.02. The van der Waals surface area contributed by atoms with Gasteiger partial charge in [-0.05, 0) is 43.7 Å². The third-order valence-electron chi connectivity index (χ3n) is 4.46. The lowest BCUT2D eigenvalue weighted by Gasteiger charge is -2.32. The van der Waals surface area contributed by atoms with E-state index in [1.165, 1.54) is 25.8 Å². The zero-order chi connectivity index (χ0) is 14.7. The lowest BCUT2D eigenvalue weighted by molar-refractivity contribution is 0.0915. The SMILES string of the molecule is CCSc1ccc(C(=O)N[C@H]2CCN3CCCC[C@H]23)cn1. The van der Waals surface area contributed by atoms with Crippen LogP contribution in [-0.4, -0.2) is 46.7 Å². The summed E-state index contributed by atoms with van der Waals surface area (Å²) in [6, 6.07) is 4.67. The first-order valence-corrected chi connectivity index (χ1v) is 8.90. The van der Waals surface area contributed by atoms with Gasteiger partial charge in [0.1, 0.15) is 0 Å². The van der Waals surface area contributed by atoms with Crippen LogP contribution in [-0.2, 0) is 0 Å². The van der Waals surface area contributed by atoms with Crippen LogP contribution >= 0.6 is 11.8 Å². The van der Waals surface area contributed by atoms with Gasteiger partial charge in [0.25, 0.3) is 5.91 Å². The topological polar surface area (TPSA) is 45.2 Å². The number of nitrogens with one attached hydrogen (secondary N) is 1. The molecule has 2 fully saturated rings. The Morgan fingerprint density at radius 2 is 2.29 bits per heavy atom. The van der Waals surface area contributed by atoms with E-state index in [4.69, 9.17) is 0 Å². The van der Waals surface area contributed by atoms with Gasteiger partial charge in [0.15, 0.2) is 0 Å². The van der Waals surface area contributed by atoms with Gasteiger partial charge in [0.2, 0.25) is 0 Å². The molecule has 21 heavy (non-hydrogen) atoms. The Hall–Kier alpha value is -1.07. The second-order valence-corrected chi connectivity index (χ2v) is 7.07. The van der Waals surface area contributed by atoms with E-state index in [1.807, 2.05) is 12.1 Å². The summed E-state index contributed by atoms with van der Waals surface area (Å²) in [4.78, 5) is 19.2. The first-order chi connectivity index (χ1) is 10.3. The van der Waals surface area contributed by atoms with Gasteiger partial charge in [-0.3, -0.25) is 9.69 Å². The van der Waals surface area contributed by atoms with Crippen molar-refractivity contribution in [3.63, 3.8) is 0 Å². The molecule has 2 aliphatic heterocycles. The maximum atomic E-state index is 12.4. The zero-order valence-electron chi connectivity index (χ0n) is 12.5. The molecule has 0 saturated carbocycles. The fourth-order valence-corrected chi connectivity index (χ4v) is 4.00. The van der Waals surface area contributed by atoms with E-state index in [0.29, 0.717) is 17.6 Å². The lowest BCUT2D eigenvalue weighted by Crippen LogP contribution is -2.46. The van der Waals surface area contributed by atoms with E-state index >= 15 is 0 Å². The van der Waals surface area contributed by atoms with Crippen LogP contribution in [0.3, 0.4) is 0 Å². The smallest absolute Gasteiger partial charge is 0.253 e. The minimum Gasteiger partial charge on any atom is -0.348 e. The van der Waals surface area contributed by atoms with Gasteiger partial charge >= 0.3 is 0 Å². The number of aromatic nitrogens is 1. The Kier molecular flexibility index (Phi) is 4.80. The first kappa shape index (κ1) is 14.9. The number of amides is 1. The molecule has 2 saturated heterocycles. The average molecular weight is 305 g/mol. The molecule has 0 radical (unpaired) electrons. The van der Waals surface area contributed by atoms with Crippen LogP contribution in [0.2, 0.25) is 0 Å². The number of hydrogen-bond acceptors (Lipinski definition) is 4. The summed E-state index contributed by atoms with van der Waals surface area (Å²) in [7, 11) is 0. The predicted molar refractivity (Wildman–Crippen MR) is 85.7 cm³/mol. The third-order valence-corrected chi connectivity index (χ3v) is 5.29. The molecular weight excluding hydrogens is 282 g/mol. The molecule has 114 valence electrons. The number of pyridine rings is 1. The van der Waals surface area contributed by atoms with Gasteiger partial charge < -0.3 is 5.32 Å². The summed E-state index contributed by atoms with van der Waals surface area (Å²) < 4.78 is 0. The highest BCUT2D eigenvalue weighted by Crippen LogP contribution is 2.27. The van der Waals surface area contributed by atoms with Crippen LogP contribution in [0.15, 0.2) is 23.4 Å². The van der Waals surface area contributed by atoms with Crippen LogP contribution in [0.1, 0.15) is 43.0 Å². The predicted octanol–water partition coefficient (Wildman–Crippen LogP) is 2.55. The molecule has 5 heteroatoms. The van der Waals surface area contributed by atoms with Crippen molar-refractivity contribution in [2.45, 2.75) is 49.7 Å². The average Bonchev–Trinajstić information content (AvgIpc) is 2.92.